The van der Waals surface area contributed by atoms with Crippen LogP contribution < -0.4 is 10.6 Å². The molecule has 5 nitrogen and oxygen atoms in total. The third-order valence-corrected chi connectivity index (χ3v) is 6.21. The molecule has 0 bridgehead atoms. The van der Waals surface area contributed by atoms with Crippen LogP contribution in [-0.2, 0) is 9.59 Å². The molecule has 1 aromatic rings. The molecule has 0 spiro atoms. The number of carbonyl (C=O) groups is 2. The molecule has 1 aliphatic carbocycles. The molecule has 1 aliphatic heterocycles. The standard InChI is InChI=1S/C18H23Cl2N3O2/c1-17(12-18(17,19)20)16(25)22-14-7-9-23(10-8-14)11-15(24)21-13-5-3-2-4-6-13/h2-6,14H,7-12H2,1H3,(H,21,24)(H,22,25). The van der Waals surface area contributed by atoms with E-state index in [2.05, 4.69) is 15.5 Å². The zero-order chi connectivity index (χ0) is 18.1. The van der Waals surface area contributed by atoms with Crippen LogP contribution in [0.3, 0.4) is 0 Å². The number of carbonyl (C=O) groups excluding carboxylic acids is 2. The van der Waals surface area contributed by atoms with Gasteiger partial charge in [0.15, 0.2) is 0 Å². The Kier molecular flexibility index (Phi) is 5.28. The number of rotatable bonds is 5. The predicted octanol–water partition coefficient (Wildman–Crippen LogP) is 2.79. The van der Waals surface area contributed by atoms with Gasteiger partial charge in [0, 0.05) is 24.8 Å². The lowest BCUT2D eigenvalue weighted by molar-refractivity contribution is -0.127. The number of nitrogens with zero attached hydrogens (tertiary/aromatic N) is 1. The van der Waals surface area contributed by atoms with Gasteiger partial charge < -0.3 is 10.6 Å². The zero-order valence-corrected chi connectivity index (χ0v) is 15.7. The molecule has 136 valence electrons. The van der Waals surface area contributed by atoms with Crippen LogP contribution in [0, 0.1) is 5.41 Å². The second-order valence-corrected chi connectivity index (χ2v) is 8.64. The Morgan fingerprint density at radius 1 is 1.20 bits per heavy atom. The predicted molar refractivity (Wildman–Crippen MR) is 99.8 cm³/mol. The number of amides is 2. The van der Waals surface area contributed by atoms with E-state index in [9.17, 15) is 9.59 Å². The van der Waals surface area contributed by atoms with Crippen molar-refractivity contribution in [3.05, 3.63) is 30.3 Å². The summed E-state index contributed by atoms with van der Waals surface area (Å²) in [5.74, 6) is -0.0917. The largest absolute Gasteiger partial charge is 0.353 e. The summed E-state index contributed by atoms with van der Waals surface area (Å²) in [4.78, 5) is 26.5. The monoisotopic (exact) mass is 383 g/mol. The van der Waals surface area contributed by atoms with E-state index < -0.39 is 9.75 Å². The van der Waals surface area contributed by atoms with Crippen LogP contribution in [0.15, 0.2) is 30.3 Å². The number of anilines is 1. The van der Waals surface area contributed by atoms with Gasteiger partial charge in [-0.05, 0) is 38.3 Å². The Morgan fingerprint density at radius 3 is 2.36 bits per heavy atom. The van der Waals surface area contributed by atoms with E-state index in [-0.39, 0.29) is 17.9 Å². The van der Waals surface area contributed by atoms with Gasteiger partial charge >= 0.3 is 0 Å². The molecule has 2 amide bonds. The molecule has 1 saturated carbocycles. The second-order valence-electron chi connectivity index (χ2n) is 7.15. The number of benzene rings is 1. The van der Waals surface area contributed by atoms with Gasteiger partial charge in [0.25, 0.3) is 0 Å². The fraction of sp³-hybridized carbons (Fsp3) is 0.556. The molecular weight excluding hydrogens is 361 g/mol. The molecular formula is C18H23Cl2N3O2. The Bertz CT molecular complexity index is 645. The molecule has 1 heterocycles. The smallest absolute Gasteiger partial charge is 0.238 e. The minimum atomic E-state index is -0.937. The number of hydrogen-bond acceptors (Lipinski definition) is 3. The Morgan fingerprint density at radius 2 is 1.80 bits per heavy atom. The summed E-state index contributed by atoms with van der Waals surface area (Å²) in [5, 5.41) is 5.95. The van der Waals surface area contributed by atoms with Gasteiger partial charge in [-0.1, -0.05) is 18.2 Å². The average molecular weight is 384 g/mol. The van der Waals surface area contributed by atoms with E-state index in [1.807, 2.05) is 30.3 Å². The van der Waals surface area contributed by atoms with Gasteiger partial charge in [-0.25, -0.2) is 0 Å². The summed E-state index contributed by atoms with van der Waals surface area (Å²) in [6, 6.07) is 9.54. The molecule has 25 heavy (non-hydrogen) atoms. The molecule has 1 unspecified atom stereocenters. The van der Waals surface area contributed by atoms with Crippen LogP contribution >= 0.6 is 23.2 Å². The van der Waals surface area contributed by atoms with Crippen molar-refractivity contribution < 1.29 is 9.59 Å². The van der Waals surface area contributed by atoms with Gasteiger partial charge in [-0.3, -0.25) is 14.5 Å². The van der Waals surface area contributed by atoms with Crippen molar-refractivity contribution in [3.8, 4) is 0 Å². The number of hydrogen-bond donors (Lipinski definition) is 2. The fourth-order valence-electron chi connectivity index (χ4n) is 3.15. The highest BCUT2D eigenvalue weighted by molar-refractivity contribution is 6.53. The van der Waals surface area contributed by atoms with E-state index in [4.69, 9.17) is 23.2 Å². The summed E-state index contributed by atoms with van der Waals surface area (Å²) in [6.45, 7) is 3.71. The first-order chi connectivity index (χ1) is 11.8. The Balaban J connectivity index is 1.40. The number of alkyl halides is 2. The SMILES string of the molecule is CC1(C(=O)NC2CCN(CC(=O)Nc3ccccc3)CC2)CC1(Cl)Cl. The van der Waals surface area contributed by atoms with Crippen molar-refractivity contribution in [2.45, 2.75) is 36.6 Å². The molecule has 0 aromatic heterocycles. The first-order valence-corrected chi connectivity index (χ1v) is 9.32. The van der Waals surface area contributed by atoms with E-state index in [1.54, 1.807) is 6.92 Å². The molecule has 1 saturated heterocycles. The van der Waals surface area contributed by atoms with Gasteiger partial charge in [-0.15, -0.1) is 23.2 Å². The molecule has 2 fully saturated rings. The number of piperidine rings is 1. The van der Waals surface area contributed by atoms with Gasteiger partial charge in [0.05, 0.1) is 12.0 Å². The zero-order valence-electron chi connectivity index (χ0n) is 14.2. The van der Waals surface area contributed by atoms with Crippen molar-refractivity contribution in [1.29, 1.82) is 0 Å². The van der Waals surface area contributed by atoms with E-state index in [0.29, 0.717) is 13.0 Å². The van der Waals surface area contributed by atoms with Crippen LogP contribution in [0.5, 0.6) is 0 Å². The van der Waals surface area contributed by atoms with Crippen molar-refractivity contribution in [1.82, 2.24) is 10.2 Å². The second kappa shape index (κ2) is 7.14. The van der Waals surface area contributed by atoms with Crippen molar-refractivity contribution in [3.63, 3.8) is 0 Å². The maximum absolute atomic E-state index is 12.3. The van der Waals surface area contributed by atoms with E-state index in [0.717, 1.165) is 31.6 Å². The number of likely N-dealkylation sites (tertiary alicyclic amines) is 1. The first kappa shape index (κ1) is 18.5. The first-order valence-electron chi connectivity index (χ1n) is 8.56. The topological polar surface area (TPSA) is 61.4 Å². The summed E-state index contributed by atoms with van der Waals surface area (Å²) in [5.41, 5.74) is 0.126. The minimum absolute atomic E-state index is 0.0201. The van der Waals surface area contributed by atoms with Crippen LogP contribution in [0.4, 0.5) is 5.69 Å². The molecule has 2 N–H and O–H groups in total. The molecule has 1 aromatic carbocycles. The number of halogens is 2. The summed E-state index contributed by atoms with van der Waals surface area (Å²) in [6.07, 6.45) is 2.13. The highest BCUT2D eigenvalue weighted by atomic mass is 35.5. The Hall–Kier alpha value is -1.30. The van der Waals surface area contributed by atoms with Gasteiger partial charge in [0.1, 0.15) is 4.33 Å². The van der Waals surface area contributed by atoms with Crippen molar-refractivity contribution in [2.24, 2.45) is 5.41 Å². The molecule has 7 heteroatoms. The normalized spacial score (nSPS) is 26.0. The summed E-state index contributed by atoms with van der Waals surface area (Å²) in [7, 11) is 0. The van der Waals surface area contributed by atoms with Crippen molar-refractivity contribution in [2.75, 3.05) is 25.0 Å². The maximum atomic E-state index is 12.3. The third kappa shape index (κ3) is 4.27. The minimum Gasteiger partial charge on any atom is -0.353 e. The highest BCUT2D eigenvalue weighted by Crippen LogP contribution is 2.63. The fourth-order valence-corrected chi connectivity index (χ4v) is 3.86. The average Bonchev–Trinajstić information content (AvgIpc) is 3.10. The molecule has 1 atom stereocenters. The maximum Gasteiger partial charge on any atom is 0.238 e. The van der Waals surface area contributed by atoms with E-state index >= 15 is 0 Å². The lowest BCUT2D eigenvalue weighted by Gasteiger charge is -2.32. The van der Waals surface area contributed by atoms with Crippen LogP contribution in [0.2, 0.25) is 0 Å². The highest BCUT2D eigenvalue weighted by Gasteiger charge is 2.68. The van der Waals surface area contributed by atoms with Crippen LogP contribution in [0.1, 0.15) is 26.2 Å². The third-order valence-electron chi connectivity index (χ3n) is 5.11. The molecule has 2 aliphatic rings. The molecule has 0 radical (unpaired) electrons. The van der Waals surface area contributed by atoms with Gasteiger partial charge in [-0.2, -0.15) is 0 Å². The van der Waals surface area contributed by atoms with Gasteiger partial charge in [0.2, 0.25) is 11.8 Å². The Labute approximate surface area is 158 Å². The van der Waals surface area contributed by atoms with E-state index in [1.165, 1.54) is 0 Å². The van der Waals surface area contributed by atoms with Crippen LogP contribution in [-0.4, -0.2) is 46.7 Å². The number of para-hydroxylation sites is 1. The van der Waals surface area contributed by atoms with Crippen molar-refractivity contribution >= 4 is 40.7 Å². The lowest BCUT2D eigenvalue weighted by atomic mass is 10.0. The quantitative estimate of drug-likeness (QED) is 0.768. The summed E-state index contributed by atoms with van der Waals surface area (Å²) < 4.78 is -0.937. The lowest BCUT2D eigenvalue weighted by Crippen LogP contribution is -2.48. The number of nitrogens with one attached hydrogen (secondary N) is 2. The molecule has 3 rings (SSSR count). The summed E-state index contributed by atoms with van der Waals surface area (Å²) >= 11 is 12.1. The van der Waals surface area contributed by atoms with Crippen LogP contribution in [0.25, 0.3) is 0 Å².